The van der Waals surface area contributed by atoms with Crippen LogP contribution in [0.25, 0.3) is 54.8 Å². The molecule has 1 unspecified atom stereocenters. The van der Waals surface area contributed by atoms with Gasteiger partial charge in [0.2, 0.25) is 5.96 Å². The molecule has 1 N–H and O–H groups in total. The van der Waals surface area contributed by atoms with Crippen LogP contribution in [0.4, 0.5) is 5.69 Å². The van der Waals surface area contributed by atoms with E-state index >= 15 is 0 Å². The Hall–Kier alpha value is -5.93. The van der Waals surface area contributed by atoms with Crippen LogP contribution in [0, 0.1) is 0 Å². The van der Waals surface area contributed by atoms with Gasteiger partial charge in [-0.3, -0.25) is 4.57 Å². The van der Waals surface area contributed by atoms with E-state index in [1.807, 2.05) is 0 Å². The molecule has 2 atom stereocenters. The minimum atomic E-state index is -0.482. The maximum Gasteiger partial charge on any atom is 0.209 e. The van der Waals surface area contributed by atoms with Crippen LogP contribution >= 0.6 is 0 Å². The summed E-state index contributed by atoms with van der Waals surface area (Å²) in [6.07, 6.45) is 0. The summed E-state index contributed by atoms with van der Waals surface area (Å²) in [4.78, 5) is 5.43. The van der Waals surface area contributed by atoms with E-state index in [4.69, 9.17) is 4.99 Å². The minimum absolute atomic E-state index is 0.159. The second kappa shape index (κ2) is 8.86. The Morgan fingerprint density at radius 2 is 1.30 bits per heavy atom. The zero-order valence-electron chi connectivity index (χ0n) is 25.8. The molecule has 11 rings (SSSR count). The molecule has 47 heavy (non-hydrogen) atoms. The highest BCUT2D eigenvalue weighted by molar-refractivity contribution is 6.29. The molecule has 0 saturated carbocycles. The summed E-state index contributed by atoms with van der Waals surface area (Å²) in [7, 11) is 0. The van der Waals surface area contributed by atoms with E-state index in [-0.39, 0.29) is 5.92 Å². The number of benzene rings is 7. The lowest BCUT2D eigenvalue weighted by atomic mass is 9.83. The molecule has 3 nitrogen and oxygen atoms in total. The molecule has 0 bridgehead atoms. The van der Waals surface area contributed by atoms with Crippen LogP contribution in [0.2, 0.25) is 0 Å². The van der Waals surface area contributed by atoms with Gasteiger partial charge in [0.15, 0.2) is 0 Å². The number of hydrogen-bond acceptors (Lipinski definition) is 2. The number of aliphatic imine (C=N–C) groups is 1. The second-order valence-electron chi connectivity index (χ2n) is 13.3. The van der Waals surface area contributed by atoms with E-state index in [1.54, 1.807) is 0 Å². The van der Waals surface area contributed by atoms with E-state index in [1.165, 1.54) is 82.6 Å². The van der Waals surface area contributed by atoms with Gasteiger partial charge in [-0.1, -0.05) is 127 Å². The third kappa shape index (κ3) is 3.14. The molecule has 0 radical (unpaired) electrons. The number of hydrogen-bond donors (Lipinski definition) is 1. The Kier molecular flexibility index (Phi) is 4.77. The molecule has 0 saturated heterocycles. The Bertz CT molecular complexity index is 2680. The largest absolute Gasteiger partial charge is 0.342 e. The van der Waals surface area contributed by atoms with Crippen molar-refractivity contribution in [2.24, 2.45) is 4.99 Å². The third-order valence-electron chi connectivity index (χ3n) is 11.0. The number of nitrogens with zero attached hydrogens (tertiary/aromatic N) is 2. The van der Waals surface area contributed by atoms with Crippen molar-refractivity contribution in [3.05, 3.63) is 173 Å². The standard InChI is InChI=1S/C44H29N3/c1-44(27-14-3-2-4-15-27)35-21-11-12-22-36(35)45-43(46-44)47-37-24-23-33-29-17-7-9-19-31(29)38-32-20-10-8-18-30(32)34-25-26-13-5-6-16-28(26)42(47)40(34)41(37)39(33)38/h2-25,38H,1H3,(H,45,46)/t38-,44?/m0/s1. The Labute approximate surface area is 272 Å². The van der Waals surface area contributed by atoms with Crippen molar-refractivity contribution >= 4 is 44.2 Å². The molecule has 2 heterocycles. The Morgan fingerprint density at radius 3 is 2.13 bits per heavy atom. The zero-order chi connectivity index (χ0) is 30.9. The van der Waals surface area contributed by atoms with Crippen molar-refractivity contribution in [1.82, 2.24) is 9.88 Å². The summed E-state index contributed by atoms with van der Waals surface area (Å²) in [5, 5.41) is 9.12. The van der Waals surface area contributed by atoms with Crippen LogP contribution in [0.15, 0.2) is 151 Å². The molecular formula is C44H29N3. The highest BCUT2D eigenvalue weighted by Gasteiger charge is 2.40. The zero-order valence-corrected chi connectivity index (χ0v) is 25.8. The van der Waals surface area contributed by atoms with Crippen LogP contribution in [0.3, 0.4) is 0 Å². The van der Waals surface area contributed by atoms with Crippen molar-refractivity contribution in [2.75, 3.05) is 0 Å². The molecule has 2 aliphatic carbocycles. The number of nitrogens with one attached hydrogen (secondary N) is 1. The quantitative estimate of drug-likeness (QED) is 0.200. The van der Waals surface area contributed by atoms with Gasteiger partial charge in [0.25, 0.3) is 0 Å². The van der Waals surface area contributed by atoms with Gasteiger partial charge in [0, 0.05) is 27.6 Å². The normalized spacial score (nSPS) is 18.5. The van der Waals surface area contributed by atoms with E-state index in [0.717, 1.165) is 11.6 Å². The number of para-hydroxylation sites is 1. The van der Waals surface area contributed by atoms with E-state index in [2.05, 4.69) is 162 Å². The summed E-state index contributed by atoms with van der Waals surface area (Å²) in [5.74, 6) is 1.01. The summed E-state index contributed by atoms with van der Waals surface area (Å²) in [6, 6.07) is 53.4. The molecular weight excluding hydrogens is 571 g/mol. The third-order valence-corrected chi connectivity index (χ3v) is 11.0. The lowest BCUT2D eigenvalue weighted by Crippen LogP contribution is -2.49. The predicted octanol–water partition coefficient (Wildman–Crippen LogP) is 10.5. The van der Waals surface area contributed by atoms with E-state index in [9.17, 15) is 0 Å². The predicted molar refractivity (Wildman–Crippen MR) is 194 cm³/mol. The lowest BCUT2D eigenvalue weighted by molar-refractivity contribution is 0.516. The van der Waals surface area contributed by atoms with Crippen LogP contribution in [0.5, 0.6) is 0 Å². The minimum Gasteiger partial charge on any atom is -0.342 e. The maximum atomic E-state index is 5.43. The van der Waals surface area contributed by atoms with Gasteiger partial charge in [-0.2, -0.15) is 0 Å². The number of aromatic nitrogens is 1. The fourth-order valence-corrected chi connectivity index (χ4v) is 8.96. The van der Waals surface area contributed by atoms with Gasteiger partial charge in [-0.05, 0) is 75.0 Å². The molecule has 0 amide bonds. The molecule has 8 aromatic rings. The van der Waals surface area contributed by atoms with Crippen molar-refractivity contribution in [3.63, 3.8) is 0 Å². The molecule has 7 aromatic carbocycles. The average Bonchev–Trinajstić information content (AvgIpc) is 3.61. The summed E-state index contributed by atoms with van der Waals surface area (Å²) in [5.41, 5.74) is 14.7. The Balaban J connectivity index is 1.34. The molecule has 220 valence electrons. The molecule has 3 heteroatoms. The lowest BCUT2D eigenvalue weighted by Gasteiger charge is -2.38. The van der Waals surface area contributed by atoms with Crippen LogP contribution in [-0.4, -0.2) is 10.5 Å². The van der Waals surface area contributed by atoms with Gasteiger partial charge < -0.3 is 5.32 Å². The first kappa shape index (κ1) is 25.3. The molecule has 0 spiro atoms. The Morgan fingerprint density at radius 1 is 0.617 bits per heavy atom. The van der Waals surface area contributed by atoms with Crippen LogP contribution < -0.4 is 5.32 Å². The monoisotopic (exact) mass is 599 g/mol. The topological polar surface area (TPSA) is 29.3 Å². The molecule has 1 aromatic heterocycles. The fourth-order valence-electron chi connectivity index (χ4n) is 8.96. The summed E-state index contributed by atoms with van der Waals surface area (Å²) in [6.45, 7) is 2.29. The van der Waals surface area contributed by atoms with Crippen molar-refractivity contribution < 1.29 is 0 Å². The van der Waals surface area contributed by atoms with Crippen LogP contribution in [-0.2, 0) is 5.54 Å². The highest BCUT2D eigenvalue weighted by Crippen LogP contribution is 2.58. The van der Waals surface area contributed by atoms with E-state index < -0.39 is 5.54 Å². The smallest absolute Gasteiger partial charge is 0.209 e. The number of fused-ring (bicyclic) bond motifs is 9. The van der Waals surface area contributed by atoms with Crippen molar-refractivity contribution in [2.45, 2.75) is 18.4 Å². The van der Waals surface area contributed by atoms with Crippen molar-refractivity contribution in [1.29, 1.82) is 0 Å². The second-order valence-corrected chi connectivity index (χ2v) is 13.3. The SMILES string of the molecule is CC1(c2ccccc2)NC(n2c3ccc4c5c3c3c(cc6ccccc6c32)-c2ccccc2[C@@H]5c2ccccc2-4)=Nc2ccccc21. The summed E-state index contributed by atoms with van der Waals surface area (Å²) >= 11 is 0. The maximum absolute atomic E-state index is 5.43. The van der Waals surface area contributed by atoms with Gasteiger partial charge in [0.05, 0.1) is 22.3 Å². The van der Waals surface area contributed by atoms with Gasteiger partial charge in [-0.25, -0.2) is 4.99 Å². The first-order valence-corrected chi connectivity index (χ1v) is 16.4. The molecule has 0 fully saturated rings. The van der Waals surface area contributed by atoms with Gasteiger partial charge in [-0.15, -0.1) is 0 Å². The summed E-state index contributed by atoms with van der Waals surface area (Å²) < 4.78 is 2.43. The number of rotatable bonds is 1. The molecule has 1 aliphatic heterocycles. The van der Waals surface area contributed by atoms with Gasteiger partial charge >= 0.3 is 0 Å². The van der Waals surface area contributed by atoms with Crippen molar-refractivity contribution in [3.8, 4) is 22.3 Å². The van der Waals surface area contributed by atoms with Crippen LogP contribution in [0.1, 0.15) is 40.7 Å². The fraction of sp³-hybridized carbons (Fsp3) is 0.0682. The van der Waals surface area contributed by atoms with E-state index in [0.29, 0.717) is 0 Å². The molecule has 3 aliphatic rings. The average molecular weight is 600 g/mol. The first-order valence-electron chi connectivity index (χ1n) is 16.4. The van der Waals surface area contributed by atoms with Gasteiger partial charge in [0.1, 0.15) is 0 Å². The first-order chi connectivity index (χ1) is 23.2. The highest BCUT2D eigenvalue weighted by atomic mass is 15.3.